The van der Waals surface area contributed by atoms with Gasteiger partial charge in [-0.25, -0.2) is 9.37 Å². The molecule has 2 aliphatic heterocycles. The van der Waals surface area contributed by atoms with Crippen LogP contribution < -0.4 is 15.2 Å². The first kappa shape index (κ1) is 26.0. The Morgan fingerprint density at radius 1 is 1.02 bits per heavy atom. The van der Waals surface area contributed by atoms with E-state index in [-0.39, 0.29) is 39.8 Å². The van der Waals surface area contributed by atoms with Crippen molar-refractivity contribution in [2.75, 3.05) is 9.80 Å². The number of carbonyl (C=O) groups excluding carboxylic acids is 3. The monoisotopic (exact) mass is 579 g/mol. The van der Waals surface area contributed by atoms with Gasteiger partial charge >= 0.3 is 0 Å². The van der Waals surface area contributed by atoms with Gasteiger partial charge in [0, 0.05) is 12.5 Å². The highest BCUT2D eigenvalue weighted by Crippen LogP contribution is 2.55. The van der Waals surface area contributed by atoms with Gasteiger partial charge in [0.2, 0.25) is 5.76 Å². The zero-order valence-electron chi connectivity index (χ0n) is 22.7. The Morgan fingerprint density at radius 2 is 1.81 bits per heavy atom. The molecule has 0 radical (unpaired) electrons. The van der Waals surface area contributed by atoms with Crippen LogP contribution in [0.25, 0.3) is 11.0 Å². The molecule has 2 aromatic heterocycles. The van der Waals surface area contributed by atoms with Crippen LogP contribution in [0.5, 0.6) is 0 Å². The fraction of sp³-hybridized carbons (Fsp3) is 0.156. The summed E-state index contributed by atoms with van der Waals surface area (Å²) in [6.45, 7) is 5.16. The molecule has 0 saturated heterocycles. The molecule has 2 amide bonds. The van der Waals surface area contributed by atoms with Gasteiger partial charge in [-0.2, -0.15) is 0 Å². The van der Waals surface area contributed by atoms with Crippen molar-refractivity contribution in [2.45, 2.75) is 32.9 Å². The van der Waals surface area contributed by atoms with Crippen LogP contribution in [-0.2, 0) is 16.9 Å². The van der Waals surface area contributed by atoms with Crippen molar-refractivity contribution in [3.63, 3.8) is 0 Å². The van der Waals surface area contributed by atoms with Gasteiger partial charge in [-0.15, -0.1) is 0 Å². The number of amides is 2. The number of ketones is 1. The Kier molecular flexibility index (Phi) is 5.58. The zero-order valence-corrected chi connectivity index (χ0v) is 23.5. The summed E-state index contributed by atoms with van der Waals surface area (Å²) in [5, 5.41) is -0.0192. The molecule has 42 heavy (non-hydrogen) atoms. The van der Waals surface area contributed by atoms with Crippen molar-refractivity contribution in [1.29, 1.82) is 0 Å². The van der Waals surface area contributed by atoms with E-state index in [9.17, 15) is 23.6 Å². The summed E-state index contributed by atoms with van der Waals surface area (Å²) >= 11 is 0.966. The van der Waals surface area contributed by atoms with Crippen LogP contribution in [0.15, 0.2) is 75.9 Å². The number of Topliss-reactive ketones (excluding diaryl/α,β-unsaturated/α-hetero) is 1. The molecular formula is C32H22FN3O5S. The third-order valence-electron chi connectivity index (χ3n) is 7.81. The molecule has 8 nitrogen and oxygen atoms in total. The third kappa shape index (κ3) is 3.41. The average Bonchev–Trinajstić information content (AvgIpc) is 3.54. The SMILES string of the molecule is CC(=O)c1sc(N2C(=O)c3oc4ccc(F)cc4c(=O)c3C23C(=O)N(Cc2cccc(C)c2)c2ccccc23)nc1C. The molecule has 4 heterocycles. The van der Waals surface area contributed by atoms with Gasteiger partial charge in [0.05, 0.1) is 33.8 Å². The Labute approximate surface area is 242 Å². The molecule has 5 aromatic rings. The molecule has 2 aliphatic rings. The number of aryl methyl sites for hydroxylation is 2. The Balaban J connectivity index is 1.57. The highest BCUT2D eigenvalue weighted by atomic mass is 32.1. The smallest absolute Gasteiger partial charge is 0.297 e. The van der Waals surface area contributed by atoms with Crippen molar-refractivity contribution >= 4 is 50.7 Å². The quantitative estimate of drug-likeness (QED) is 0.255. The fourth-order valence-corrected chi connectivity index (χ4v) is 7.10. The topological polar surface area (TPSA) is 101 Å². The van der Waals surface area contributed by atoms with Crippen LogP contribution in [0.1, 0.15) is 55.1 Å². The van der Waals surface area contributed by atoms with E-state index in [4.69, 9.17) is 4.42 Å². The number of aromatic nitrogens is 1. The molecule has 0 saturated carbocycles. The number of fused-ring (bicyclic) bond motifs is 5. The van der Waals surface area contributed by atoms with E-state index >= 15 is 0 Å². The lowest BCUT2D eigenvalue weighted by molar-refractivity contribution is -0.121. The Bertz CT molecular complexity index is 2080. The van der Waals surface area contributed by atoms with Gasteiger partial charge < -0.3 is 9.32 Å². The molecule has 0 aliphatic carbocycles. The van der Waals surface area contributed by atoms with E-state index < -0.39 is 28.6 Å². The van der Waals surface area contributed by atoms with Crippen LogP contribution in [-0.4, -0.2) is 22.6 Å². The van der Waals surface area contributed by atoms with E-state index in [1.54, 1.807) is 36.1 Å². The highest BCUT2D eigenvalue weighted by Gasteiger charge is 2.66. The first-order valence-electron chi connectivity index (χ1n) is 13.2. The van der Waals surface area contributed by atoms with Crippen molar-refractivity contribution in [2.24, 2.45) is 0 Å². The molecule has 7 rings (SSSR count). The number of thiazole rings is 1. The van der Waals surface area contributed by atoms with Gasteiger partial charge in [0.1, 0.15) is 11.4 Å². The highest BCUT2D eigenvalue weighted by molar-refractivity contribution is 7.17. The second-order valence-electron chi connectivity index (χ2n) is 10.5. The predicted octanol–water partition coefficient (Wildman–Crippen LogP) is 5.66. The third-order valence-corrected chi connectivity index (χ3v) is 9.05. The number of anilines is 2. The summed E-state index contributed by atoms with van der Waals surface area (Å²) in [5.41, 5.74) is 0.269. The normalized spacial score (nSPS) is 17.4. The van der Waals surface area contributed by atoms with Gasteiger partial charge in [0.15, 0.2) is 21.9 Å². The Morgan fingerprint density at radius 3 is 2.55 bits per heavy atom. The lowest BCUT2D eigenvalue weighted by Gasteiger charge is -2.32. The lowest BCUT2D eigenvalue weighted by atomic mass is 9.84. The van der Waals surface area contributed by atoms with Crippen molar-refractivity contribution in [3.8, 4) is 0 Å². The zero-order chi connectivity index (χ0) is 29.5. The van der Waals surface area contributed by atoms with E-state index in [2.05, 4.69) is 4.98 Å². The van der Waals surface area contributed by atoms with Gasteiger partial charge in [-0.05, 0) is 43.7 Å². The summed E-state index contributed by atoms with van der Waals surface area (Å²) in [6, 6.07) is 18.1. The molecule has 1 unspecified atom stereocenters. The minimum atomic E-state index is -1.99. The number of hydrogen-bond acceptors (Lipinski definition) is 7. The first-order valence-corrected chi connectivity index (χ1v) is 14.0. The second kappa shape index (κ2) is 9.02. The molecule has 208 valence electrons. The van der Waals surface area contributed by atoms with Crippen LogP contribution in [0.2, 0.25) is 0 Å². The van der Waals surface area contributed by atoms with Crippen molar-refractivity contribution in [3.05, 3.63) is 121 Å². The van der Waals surface area contributed by atoms with Crippen LogP contribution in [0, 0.1) is 19.7 Å². The van der Waals surface area contributed by atoms with Crippen LogP contribution in [0.4, 0.5) is 15.2 Å². The maximum absolute atomic E-state index is 14.9. The summed E-state index contributed by atoms with van der Waals surface area (Å²) < 4.78 is 20.3. The van der Waals surface area contributed by atoms with Gasteiger partial charge in [-0.3, -0.25) is 24.1 Å². The minimum absolute atomic E-state index is 0.0144. The van der Waals surface area contributed by atoms with Crippen molar-refractivity contribution in [1.82, 2.24) is 4.98 Å². The second-order valence-corrected chi connectivity index (χ2v) is 11.5. The number of rotatable bonds is 4. The van der Waals surface area contributed by atoms with E-state index in [1.807, 2.05) is 31.2 Å². The molecule has 3 aromatic carbocycles. The number of hydrogen-bond donors (Lipinski definition) is 0. The average molecular weight is 580 g/mol. The maximum Gasteiger partial charge on any atom is 0.297 e. The molecule has 1 spiro atoms. The number of halogens is 1. The van der Waals surface area contributed by atoms with E-state index in [0.717, 1.165) is 34.6 Å². The van der Waals surface area contributed by atoms with Crippen LogP contribution >= 0.6 is 11.3 Å². The van der Waals surface area contributed by atoms with Crippen molar-refractivity contribution < 1.29 is 23.2 Å². The number of carbonyl (C=O) groups is 3. The van der Waals surface area contributed by atoms with E-state index in [0.29, 0.717) is 21.8 Å². The molecule has 10 heteroatoms. The molecule has 0 bridgehead atoms. The largest absolute Gasteiger partial charge is 0.450 e. The fourth-order valence-electron chi connectivity index (χ4n) is 6.09. The first-order chi connectivity index (χ1) is 20.1. The van der Waals surface area contributed by atoms with Gasteiger partial charge in [-0.1, -0.05) is 59.4 Å². The van der Waals surface area contributed by atoms with E-state index in [1.165, 1.54) is 17.9 Å². The Hall–Kier alpha value is -4.96. The predicted molar refractivity (Wildman–Crippen MR) is 156 cm³/mol. The minimum Gasteiger partial charge on any atom is -0.450 e. The summed E-state index contributed by atoms with van der Waals surface area (Å²) in [4.78, 5) is 63.5. The summed E-state index contributed by atoms with van der Waals surface area (Å²) in [7, 11) is 0. The molecule has 1 atom stereocenters. The number of para-hydroxylation sites is 1. The summed E-state index contributed by atoms with van der Waals surface area (Å²) in [5.74, 6) is -2.54. The standard InChI is InChI=1S/C32H22FN3O5S/c1-16-7-6-8-19(13-16)15-35-23-10-5-4-9-22(23)32(30(35)40)25-26(38)21-14-20(33)11-12-24(21)41-27(25)29(39)36(32)31-34-17(2)28(42-31)18(3)37/h4-14H,15H2,1-3H3. The molecule has 0 fully saturated rings. The maximum atomic E-state index is 14.9. The number of nitrogens with zero attached hydrogens (tertiary/aromatic N) is 3. The molecule has 0 N–H and O–H groups in total. The van der Waals surface area contributed by atoms with Crippen LogP contribution in [0.3, 0.4) is 0 Å². The number of benzene rings is 3. The lowest BCUT2D eigenvalue weighted by Crippen LogP contribution is -2.53. The molecular weight excluding hydrogens is 557 g/mol. The van der Waals surface area contributed by atoms with Gasteiger partial charge in [0.25, 0.3) is 11.8 Å². The summed E-state index contributed by atoms with van der Waals surface area (Å²) in [6.07, 6.45) is 0.